The van der Waals surface area contributed by atoms with Gasteiger partial charge in [-0.15, -0.1) is 0 Å². The molecule has 10 rings (SSSR count). The van der Waals surface area contributed by atoms with Gasteiger partial charge in [-0.2, -0.15) is 13.2 Å². The molecule has 6 heterocycles. The van der Waals surface area contributed by atoms with Crippen molar-refractivity contribution in [1.82, 2.24) is 28.7 Å². The van der Waals surface area contributed by atoms with Crippen molar-refractivity contribution in [3.8, 4) is 45.0 Å². The van der Waals surface area contributed by atoms with Gasteiger partial charge in [0.1, 0.15) is 23.3 Å². The van der Waals surface area contributed by atoms with Gasteiger partial charge in [-0.3, -0.25) is 28.4 Å². The summed E-state index contributed by atoms with van der Waals surface area (Å²) in [6.07, 6.45) is 3.81. The minimum atomic E-state index is -4.93. The van der Waals surface area contributed by atoms with E-state index in [0.717, 1.165) is 36.5 Å². The zero-order valence-electron chi connectivity index (χ0n) is 36.4. The number of carbonyl (C=O) groups excluding carboxylic acids is 2. The molecule has 0 unspecified atom stereocenters. The van der Waals surface area contributed by atoms with E-state index < -0.39 is 58.2 Å². The van der Waals surface area contributed by atoms with E-state index in [-0.39, 0.29) is 39.9 Å². The SMILES string of the molecule is Cc1ncc(-c2cccn3c(-c4cccc(F)c4F)ncc23)cc1C(=O)Nc1ccc(F)cc1.O=C(Nc1ccc(F)cc1)c1cc(-c2cccn3c(-c4cccc(F)c4F)ncc23)cnc1C(F)(F)F. The Morgan fingerprint density at radius 2 is 0.915 bits per heavy atom. The van der Waals surface area contributed by atoms with Crippen LogP contribution in [0.5, 0.6) is 0 Å². The van der Waals surface area contributed by atoms with Crippen molar-refractivity contribution in [2.45, 2.75) is 13.1 Å². The van der Waals surface area contributed by atoms with Gasteiger partial charge in [-0.1, -0.05) is 24.3 Å². The molecule has 0 aliphatic heterocycles. The van der Waals surface area contributed by atoms with Crippen molar-refractivity contribution < 1.29 is 49.1 Å². The first-order valence-corrected chi connectivity index (χ1v) is 21.0. The standard InChI is InChI=1S/C26H14F6N4O.C26H17F3N4O/c27-15-6-8-16(9-7-15)35-25(37)19-11-14(12-33-23(19)26(30,31)32)17-4-2-10-36-21(17)13-34-24(36)18-3-1-5-20(28)22(18)29;1-15-21(26(34)32-18-9-7-17(27)8-10-18)12-16(13-30-15)19-5-3-11-33-23(19)14-31-25(33)20-4-2-6-22(28)24(20)29/h1-13H,(H,35,37);2-14H,1H3,(H,32,34). The van der Waals surface area contributed by atoms with E-state index >= 15 is 0 Å². The topological polar surface area (TPSA) is 119 Å². The molecule has 2 amide bonds. The predicted octanol–water partition coefficient (Wildman–Crippen LogP) is 12.8. The Balaban J connectivity index is 0.000000176. The van der Waals surface area contributed by atoms with Crippen molar-refractivity contribution in [3.63, 3.8) is 0 Å². The summed E-state index contributed by atoms with van der Waals surface area (Å²) in [5.41, 5.74) is 2.01. The fourth-order valence-corrected chi connectivity index (χ4v) is 7.67. The number of benzene rings is 4. The lowest BCUT2D eigenvalue weighted by Crippen LogP contribution is -2.20. The van der Waals surface area contributed by atoms with Crippen LogP contribution < -0.4 is 10.6 Å². The maximum absolute atomic E-state index is 14.4. The number of halogens is 9. The number of hydrogen-bond donors (Lipinski definition) is 2. The molecule has 2 N–H and O–H groups in total. The summed E-state index contributed by atoms with van der Waals surface area (Å²) in [5.74, 6) is -6.23. The van der Waals surface area contributed by atoms with Crippen molar-refractivity contribution in [2.75, 3.05) is 10.6 Å². The van der Waals surface area contributed by atoms with Crippen LogP contribution in [0.1, 0.15) is 32.1 Å². The Bertz CT molecular complexity index is 3670. The maximum atomic E-state index is 14.4. The van der Waals surface area contributed by atoms with E-state index in [0.29, 0.717) is 44.7 Å². The Morgan fingerprint density at radius 3 is 1.38 bits per heavy atom. The van der Waals surface area contributed by atoms with Gasteiger partial charge in [0.25, 0.3) is 11.8 Å². The van der Waals surface area contributed by atoms with Gasteiger partial charge in [0.05, 0.1) is 51.4 Å². The second kappa shape index (κ2) is 19.1. The van der Waals surface area contributed by atoms with Gasteiger partial charge in [0.2, 0.25) is 0 Å². The summed E-state index contributed by atoms with van der Waals surface area (Å²) in [6, 6.07) is 27.0. The van der Waals surface area contributed by atoms with Gasteiger partial charge in [-0.25, -0.2) is 36.3 Å². The quantitative estimate of drug-likeness (QED) is 0.146. The molecule has 0 fully saturated rings. The number of aryl methyl sites for hydroxylation is 1. The molecule has 0 spiro atoms. The number of hydrogen-bond acceptors (Lipinski definition) is 6. The molecule has 71 heavy (non-hydrogen) atoms. The lowest BCUT2D eigenvalue weighted by atomic mass is 10.0. The summed E-state index contributed by atoms with van der Waals surface area (Å²) in [7, 11) is 0. The first-order chi connectivity index (χ1) is 34.0. The molecule has 10 aromatic rings. The third-order valence-corrected chi connectivity index (χ3v) is 11.1. The van der Waals surface area contributed by atoms with Crippen LogP contribution in [0.25, 0.3) is 56.1 Å². The zero-order valence-corrected chi connectivity index (χ0v) is 36.4. The summed E-state index contributed by atoms with van der Waals surface area (Å²) >= 11 is 0. The Morgan fingerprint density at radius 1 is 0.493 bits per heavy atom. The highest BCUT2D eigenvalue weighted by Crippen LogP contribution is 2.36. The second-order valence-corrected chi connectivity index (χ2v) is 15.6. The van der Waals surface area contributed by atoms with E-state index in [1.165, 1.54) is 77.5 Å². The molecule has 0 aliphatic rings. The molecule has 6 aromatic heterocycles. The lowest BCUT2D eigenvalue weighted by Gasteiger charge is -2.14. The van der Waals surface area contributed by atoms with Gasteiger partial charge in [0.15, 0.2) is 29.0 Å². The Kier molecular flexibility index (Phi) is 12.6. The molecular weight excluding hydrogens is 940 g/mol. The minimum Gasteiger partial charge on any atom is -0.322 e. The number of amides is 2. The van der Waals surface area contributed by atoms with E-state index in [2.05, 4.69) is 30.6 Å². The zero-order chi connectivity index (χ0) is 50.1. The van der Waals surface area contributed by atoms with Crippen LogP contribution in [0, 0.1) is 41.8 Å². The van der Waals surface area contributed by atoms with Crippen LogP contribution in [0.2, 0.25) is 0 Å². The van der Waals surface area contributed by atoms with Crippen LogP contribution in [0.3, 0.4) is 0 Å². The second-order valence-electron chi connectivity index (χ2n) is 15.6. The molecule has 0 saturated heterocycles. The molecule has 0 radical (unpaired) electrons. The average molecular weight is 971 g/mol. The first-order valence-electron chi connectivity index (χ1n) is 21.0. The number of aromatic nitrogens is 6. The number of imidazole rings is 2. The molecule has 19 heteroatoms. The van der Waals surface area contributed by atoms with Gasteiger partial charge in [0, 0.05) is 58.4 Å². The molecule has 10 nitrogen and oxygen atoms in total. The van der Waals surface area contributed by atoms with E-state index in [1.807, 2.05) is 6.07 Å². The first kappa shape index (κ1) is 47.0. The smallest absolute Gasteiger partial charge is 0.322 e. The highest BCUT2D eigenvalue weighted by atomic mass is 19.4. The normalized spacial score (nSPS) is 11.4. The van der Waals surface area contributed by atoms with Crippen molar-refractivity contribution in [2.24, 2.45) is 0 Å². The lowest BCUT2D eigenvalue weighted by molar-refractivity contribution is -0.141. The average Bonchev–Trinajstić information content (AvgIpc) is 4.00. The fourth-order valence-electron chi connectivity index (χ4n) is 7.67. The Labute approximate surface area is 395 Å². The number of nitrogens with zero attached hydrogens (tertiary/aromatic N) is 6. The number of rotatable bonds is 8. The molecule has 0 atom stereocenters. The minimum absolute atomic E-state index is 0.0403. The molecular formula is C52H31F9N8O2. The van der Waals surface area contributed by atoms with E-state index in [4.69, 9.17) is 0 Å². The molecule has 354 valence electrons. The Hall–Kier alpha value is -9.13. The molecule has 4 aromatic carbocycles. The summed E-state index contributed by atoms with van der Waals surface area (Å²) in [4.78, 5) is 42.1. The number of alkyl halides is 3. The summed E-state index contributed by atoms with van der Waals surface area (Å²) in [6.45, 7) is 1.72. The van der Waals surface area contributed by atoms with Crippen LogP contribution in [-0.4, -0.2) is 40.6 Å². The maximum Gasteiger partial charge on any atom is 0.434 e. The number of carbonyl (C=O) groups is 2. The van der Waals surface area contributed by atoms with Crippen molar-refractivity contribution in [3.05, 3.63) is 216 Å². The van der Waals surface area contributed by atoms with E-state index in [1.54, 1.807) is 54.2 Å². The highest BCUT2D eigenvalue weighted by Gasteiger charge is 2.38. The molecule has 0 aliphatic carbocycles. The number of anilines is 2. The molecule has 0 bridgehead atoms. The summed E-state index contributed by atoms with van der Waals surface area (Å²) < 4.78 is 127. The number of fused-ring (bicyclic) bond motifs is 2. The van der Waals surface area contributed by atoms with Gasteiger partial charge < -0.3 is 10.6 Å². The highest BCUT2D eigenvalue weighted by molar-refractivity contribution is 6.07. The summed E-state index contributed by atoms with van der Waals surface area (Å²) in [5, 5.41) is 5.05. The predicted molar refractivity (Wildman–Crippen MR) is 246 cm³/mol. The van der Waals surface area contributed by atoms with Crippen LogP contribution in [0.15, 0.2) is 159 Å². The molecule has 0 saturated carbocycles. The third-order valence-electron chi connectivity index (χ3n) is 11.1. The fraction of sp³-hybridized carbons (Fsp3) is 0.0385. The monoisotopic (exact) mass is 970 g/mol. The van der Waals surface area contributed by atoms with Crippen LogP contribution in [0.4, 0.5) is 50.9 Å². The number of pyridine rings is 4. The van der Waals surface area contributed by atoms with Crippen LogP contribution in [-0.2, 0) is 6.18 Å². The third kappa shape index (κ3) is 9.52. The van der Waals surface area contributed by atoms with E-state index in [9.17, 15) is 49.1 Å². The van der Waals surface area contributed by atoms with Gasteiger partial charge in [-0.05, 0) is 104 Å². The largest absolute Gasteiger partial charge is 0.434 e. The van der Waals surface area contributed by atoms with Crippen LogP contribution >= 0.6 is 0 Å². The van der Waals surface area contributed by atoms with Crippen molar-refractivity contribution >= 4 is 34.2 Å². The van der Waals surface area contributed by atoms with Crippen molar-refractivity contribution in [1.29, 1.82) is 0 Å². The van der Waals surface area contributed by atoms with Gasteiger partial charge >= 0.3 is 6.18 Å². The number of nitrogens with one attached hydrogen (secondary N) is 2.